The Bertz CT molecular complexity index is 434. The normalized spacial score (nSPS) is 52.4. The summed E-state index contributed by atoms with van der Waals surface area (Å²) in [6, 6.07) is 0.785. The molecule has 0 spiro atoms. The van der Waals surface area contributed by atoms with Crippen LogP contribution in [0.3, 0.4) is 0 Å². The van der Waals surface area contributed by atoms with E-state index in [9.17, 15) is 0 Å². The van der Waals surface area contributed by atoms with Crippen molar-refractivity contribution in [3.63, 3.8) is 0 Å². The standard InChI is InChI=1S/C17H29N5/c1-2-18-17-11-22(4-12(1)17)21-9-15-7-20(8-16(15)10-21)19-5-13-3-14(13)6-19/h12-18H,1-11H2. The highest BCUT2D eigenvalue weighted by Crippen LogP contribution is 2.46. The highest BCUT2D eigenvalue weighted by Gasteiger charge is 2.50. The molecule has 0 amide bonds. The molecule has 6 aliphatic rings. The summed E-state index contributed by atoms with van der Waals surface area (Å²) in [5.74, 6) is 4.89. The Morgan fingerprint density at radius 1 is 0.545 bits per heavy atom. The van der Waals surface area contributed by atoms with Crippen LogP contribution in [0.5, 0.6) is 0 Å². The van der Waals surface area contributed by atoms with Crippen LogP contribution in [0.2, 0.25) is 0 Å². The molecule has 1 aliphatic carbocycles. The van der Waals surface area contributed by atoms with Gasteiger partial charge in [-0.05, 0) is 49.0 Å². The van der Waals surface area contributed by atoms with Crippen molar-refractivity contribution in [3.8, 4) is 0 Å². The van der Waals surface area contributed by atoms with Gasteiger partial charge in [0.15, 0.2) is 0 Å². The average molecular weight is 303 g/mol. The SMILES string of the molecule is C1CC2CN(N3CC4CN(N5CC6CC6C5)CC4C3)CC2N1. The first-order valence-corrected chi connectivity index (χ1v) is 9.56. The zero-order valence-electron chi connectivity index (χ0n) is 13.5. The molecule has 0 radical (unpaired) electrons. The van der Waals surface area contributed by atoms with Crippen molar-refractivity contribution < 1.29 is 0 Å². The maximum Gasteiger partial charge on any atom is 0.0290 e. The fourth-order valence-corrected chi connectivity index (χ4v) is 6.07. The second kappa shape index (κ2) is 4.67. The van der Waals surface area contributed by atoms with E-state index in [-0.39, 0.29) is 0 Å². The molecule has 6 atom stereocenters. The van der Waals surface area contributed by atoms with E-state index in [4.69, 9.17) is 0 Å². The number of hydrogen-bond acceptors (Lipinski definition) is 5. The fraction of sp³-hybridized carbons (Fsp3) is 1.00. The third kappa shape index (κ3) is 1.96. The molecule has 5 saturated heterocycles. The van der Waals surface area contributed by atoms with E-state index in [1.165, 1.54) is 71.7 Å². The first kappa shape index (κ1) is 13.1. The molecular weight excluding hydrogens is 274 g/mol. The molecular formula is C17H29N5. The van der Waals surface area contributed by atoms with Crippen LogP contribution < -0.4 is 5.32 Å². The summed E-state index contributed by atoms with van der Waals surface area (Å²) < 4.78 is 0. The summed E-state index contributed by atoms with van der Waals surface area (Å²) in [4.78, 5) is 0. The summed E-state index contributed by atoms with van der Waals surface area (Å²) in [5.41, 5.74) is 0. The molecule has 6 unspecified atom stereocenters. The third-order valence-corrected chi connectivity index (χ3v) is 7.55. The summed E-state index contributed by atoms with van der Waals surface area (Å²) in [7, 11) is 0. The van der Waals surface area contributed by atoms with Gasteiger partial charge in [0.05, 0.1) is 0 Å². The predicted molar refractivity (Wildman–Crippen MR) is 84.8 cm³/mol. The van der Waals surface area contributed by atoms with Crippen molar-refractivity contribution in [1.29, 1.82) is 0 Å². The monoisotopic (exact) mass is 303 g/mol. The molecule has 1 saturated carbocycles. The number of nitrogens with one attached hydrogen (secondary N) is 1. The molecule has 0 aromatic rings. The first-order chi connectivity index (χ1) is 10.8. The quantitative estimate of drug-likeness (QED) is 0.770. The zero-order valence-corrected chi connectivity index (χ0v) is 13.5. The van der Waals surface area contributed by atoms with Crippen molar-refractivity contribution in [2.75, 3.05) is 58.9 Å². The van der Waals surface area contributed by atoms with Gasteiger partial charge >= 0.3 is 0 Å². The van der Waals surface area contributed by atoms with Crippen LogP contribution in [0.25, 0.3) is 0 Å². The maximum absolute atomic E-state index is 3.69. The van der Waals surface area contributed by atoms with Crippen molar-refractivity contribution >= 4 is 0 Å². The Hall–Kier alpha value is -0.200. The van der Waals surface area contributed by atoms with Gasteiger partial charge in [0.25, 0.3) is 0 Å². The summed E-state index contributed by atoms with van der Waals surface area (Å²) >= 11 is 0. The van der Waals surface area contributed by atoms with Crippen molar-refractivity contribution in [2.45, 2.75) is 18.9 Å². The summed E-state index contributed by atoms with van der Waals surface area (Å²) in [6.45, 7) is 11.9. The Kier molecular flexibility index (Phi) is 2.79. The summed E-state index contributed by atoms with van der Waals surface area (Å²) in [5, 5.41) is 14.5. The van der Waals surface area contributed by atoms with Crippen LogP contribution in [-0.2, 0) is 0 Å². The molecule has 5 heteroatoms. The lowest BCUT2D eigenvalue weighted by Gasteiger charge is -2.33. The molecule has 1 N–H and O–H groups in total. The average Bonchev–Trinajstić information content (AvgIpc) is 3.05. The van der Waals surface area contributed by atoms with Gasteiger partial charge in [-0.1, -0.05) is 0 Å². The highest BCUT2D eigenvalue weighted by atomic mass is 15.7. The number of piperidine rings is 1. The van der Waals surface area contributed by atoms with Gasteiger partial charge in [0.2, 0.25) is 0 Å². The van der Waals surface area contributed by atoms with Crippen LogP contribution in [0.4, 0.5) is 0 Å². The minimum Gasteiger partial charge on any atom is -0.312 e. The molecule has 5 aliphatic heterocycles. The van der Waals surface area contributed by atoms with Gasteiger partial charge < -0.3 is 5.32 Å². The number of hydrogen-bond donors (Lipinski definition) is 1. The van der Waals surface area contributed by atoms with Gasteiger partial charge in [-0.2, -0.15) is 0 Å². The van der Waals surface area contributed by atoms with Gasteiger partial charge in [-0.25, -0.2) is 20.0 Å². The van der Waals surface area contributed by atoms with Crippen LogP contribution in [0.1, 0.15) is 12.8 Å². The summed E-state index contributed by atoms with van der Waals surface area (Å²) in [6.07, 6.45) is 2.92. The van der Waals surface area contributed by atoms with Crippen LogP contribution in [0.15, 0.2) is 0 Å². The third-order valence-electron chi connectivity index (χ3n) is 7.55. The van der Waals surface area contributed by atoms with Crippen LogP contribution in [0, 0.1) is 29.6 Å². The lowest BCUT2D eigenvalue weighted by Crippen LogP contribution is -2.46. The van der Waals surface area contributed by atoms with E-state index in [1.54, 1.807) is 0 Å². The van der Waals surface area contributed by atoms with Gasteiger partial charge in [-0.15, -0.1) is 0 Å². The minimum atomic E-state index is 0.785. The second-order valence-electron chi connectivity index (χ2n) is 8.87. The number of nitrogens with zero attached hydrogens (tertiary/aromatic N) is 4. The predicted octanol–water partition coefficient (Wildman–Crippen LogP) is -0.0746. The van der Waals surface area contributed by atoms with E-state index in [1.807, 2.05) is 0 Å². The Morgan fingerprint density at radius 3 is 1.64 bits per heavy atom. The Labute approximate surface area is 133 Å². The largest absolute Gasteiger partial charge is 0.312 e. The van der Waals surface area contributed by atoms with Gasteiger partial charge in [-0.3, -0.25) is 0 Å². The van der Waals surface area contributed by atoms with Gasteiger partial charge in [0, 0.05) is 58.4 Å². The number of rotatable bonds is 2. The smallest absolute Gasteiger partial charge is 0.0290 e. The molecule has 122 valence electrons. The molecule has 0 aromatic carbocycles. The van der Waals surface area contributed by atoms with E-state index < -0.39 is 0 Å². The maximum atomic E-state index is 3.69. The molecule has 5 nitrogen and oxygen atoms in total. The number of hydrazine groups is 2. The van der Waals surface area contributed by atoms with E-state index in [0.29, 0.717) is 0 Å². The van der Waals surface area contributed by atoms with Gasteiger partial charge in [0.1, 0.15) is 0 Å². The first-order valence-electron chi connectivity index (χ1n) is 9.56. The van der Waals surface area contributed by atoms with Crippen LogP contribution in [-0.4, -0.2) is 85.0 Å². The van der Waals surface area contributed by atoms with Crippen molar-refractivity contribution in [1.82, 2.24) is 25.4 Å². The molecule has 5 heterocycles. The van der Waals surface area contributed by atoms with E-state index in [2.05, 4.69) is 25.4 Å². The Balaban J connectivity index is 1.07. The van der Waals surface area contributed by atoms with E-state index >= 15 is 0 Å². The van der Waals surface area contributed by atoms with Crippen LogP contribution >= 0.6 is 0 Å². The zero-order chi connectivity index (χ0) is 14.3. The molecule has 6 fully saturated rings. The topological polar surface area (TPSA) is 25.0 Å². The molecule has 22 heavy (non-hydrogen) atoms. The van der Waals surface area contributed by atoms with Crippen molar-refractivity contribution in [2.24, 2.45) is 29.6 Å². The lowest BCUT2D eigenvalue weighted by molar-refractivity contribution is -0.0269. The molecule has 6 rings (SSSR count). The van der Waals surface area contributed by atoms with E-state index in [0.717, 1.165) is 35.6 Å². The number of fused-ring (bicyclic) bond motifs is 3. The second-order valence-corrected chi connectivity index (χ2v) is 8.87. The highest BCUT2D eigenvalue weighted by molar-refractivity contribution is 5.00. The Morgan fingerprint density at radius 2 is 1.05 bits per heavy atom. The minimum absolute atomic E-state index is 0.785. The molecule has 0 bridgehead atoms. The lowest BCUT2D eigenvalue weighted by atomic mass is 10.0. The van der Waals surface area contributed by atoms with Crippen molar-refractivity contribution in [3.05, 3.63) is 0 Å². The molecule has 0 aromatic heterocycles. The fourth-order valence-electron chi connectivity index (χ4n) is 6.07.